The number of carbonyl (C=O) groups excluding carboxylic acids is 1. The number of nitrogens with two attached hydrogens (primary N) is 1. The third kappa shape index (κ3) is 4.67. The number of rotatable bonds is 8. The van der Waals surface area contributed by atoms with Crippen LogP contribution in [0.3, 0.4) is 0 Å². The van der Waals surface area contributed by atoms with Crippen LogP contribution in [-0.4, -0.2) is 67.5 Å². The number of aliphatic hydroxyl groups excluding tert-OH is 1. The van der Waals surface area contributed by atoms with Crippen LogP contribution in [0.2, 0.25) is 0 Å². The third-order valence-electron chi connectivity index (χ3n) is 4.04. The smallest absolute Gasteiger partial charge is 0.326 e. The summed E-state index contributed by atoms with van der Waals surface area (Å²) in [5.41, 5.74) is 5.78. The number of amides is 2. The van der Waals surface area contributed by atoms with E-state index < -0.39 is 42.7 Å². The summed E-state index contributed by atoms with van der Waals surface area (Å²) < 4.78 is 4.99. The fraction of sp³-hybridized carbons (Fsp3) is 0.643. The minimum absolute atomic E-state index is 0.0542. The highest BCUT2D eigenvalue weighted by Gasteiger charge is 2.35. The van der Waals surface area contributed by atoms with Crippen molar-refractivity contribution in [2.75, 3.05) is 13.2 Å². The molecule has 6 N–H and O–H groups in total. The van der Waals surface area contributed by atoms with Crippen LogP contribution in [0.5, 0.6) is 0 Å². The first-order valence-corrected chi connectivity index (χ1v) is 8.05. The van der Waals surface area contributed by atoms with E-state index in [-0.39, 0.29) is 31.1 Å². The van der Waals surface area contributed by atoms with E-state index in [2.05, 4.69) is 15.5 Å². The van der Waals surface area contributed by atoms with Crippen LogP contribution in [-0.2, 0) is 9.59 Å². The molecule has 0 spiro atoms. The van der Waals surface area contributed by atoms with E-state index in [9.17, 15) is 19.5 Å². The molecular formula is C14H21N5O7. The van der Waals surface area contributed by atoms with E-state index in [1.165, 1.54) is 4.90 Å². The molecule has 0 saturated carbocycles. The highest BCUT2D eigenvalue weighted by atomic mass is 16.5. The molecule has 1 aliphatic heterocycles. The van der Waals surface area contributed by atoms with Crippen molar-refractivity contribution in [3.63, 3.8) is 0 Å². The number of nitrogens with zero attached hydrogens (tertiary/aromatic N) is 3. The maximum atomic E-state index is 12.3. The molecular weight excluding hydrogens is 350 g/mol. The minimum atomic E-state index is -1.09. The van der Waals surface area contributed by atoms with Gasteiger partial charge >= 0.3 is 18.0 Å². The number of aliphatic hydroxyl groups is 1. The molecule has 2 amide bonds. The molecule has 12 heteroatoms. The molecule has 1 aromatic rings. The Labute approximate surface area is 148 Å². The SMILES string of the molecule is N[C@@H](CCC(=O)O)c1noc([C@H](CO)NC(=O)N2CCCC2C(=O)O)n1. The maximum absolute atomic E-state index is 12.3. The summed E-state index contributed by atoms with van der Waals surface area (Å²) in [6.07, 6.45) is 0.849. The van der Waals surface area contributed by atoms with Crippen molar-refractivity contribution in [1.29, 1.82) is 0 Å². The molecule has 1 unspecified atom stereocenters. The van der Waals surface area contributed by atoms with Gasteiger partial charge in [-0.1, -0.05) is 5.16 Å². The molecule has 2 heterocycles. The van der Waals surface area contributed by atoms with Crippen molar-refractivity contribution < 1.29 is 34.2 Å². The lowest BCUT2D eigenvalue weighted by molar-refractivity contribution is -0.141. The van der Waals surface area contributed by atoms with Crippen LogP contribution >= 0.6 is 0 Å². The van der Waals surface area contributed by atoms with E-state index >= 15 is 0 Å². The molecule has 0 aliphatic carbocycles. The average Bonchev–Trinajstić information content (AvgIpc) is 3.26. The molecule has 0 aromatic carbocycles. The monoisotopic (exact) mass is 371 g/mol. The normalized spacial score (nSPS) is 19.2. The largest absolute Gasteiger partial charge is 0.481 e. The van der Waals surface area contributed by atoms with Crippen molar-refractivity contribution in [2.45, 2.75) is 43.8 Å². The van der Waals surface area contributed by atoms with E-state index in [0.717, 1.165) is 0 Å². The Hall–Kier alpha value is -2.73. The number of hydrogen-bond acceptors (Lipinski definition) is 8. The quantitative estimate of drug-likeness (QED) is 0.387. The van der Waals surface area contributed by atoms with Crippen molar-refractivity contribution in [2.24, 2.45) is 5.73 Å². The highest BCUT2D eigenvalue weighted by Crippen LogP contribution is 2.20. The van der Waals surface area contributed by atoms with Gasteiger partial charge in [-0.2, -0.15) is 4.98 Å². The highest BCUT2D eigenvalue weighted by molar-refractivity contribution is 5.83. The van der Waals surface area contributed by atoms with Crippen LogP contribution in [0.15, 0.2) is 4.52 Å². The molecule has 0 bridgehead atoms. The summed E-state index contributed by atoms with van der Waals surface area (Å²) in [6, 6.07) is -3.39. The van der Waals surface area contributed by atoms with E-state index in [1.807, 2.05) is 0 Å². The summed E-state index contributed by atoms with van der Waals surface area (Å²) in [4.78, 5) is 39.2. The second-order valence-electron chi connectivity index (χ2n) is 5.90. The zero-order chi connectivity index (χ0) is 19.3. The lowest BCUT2D eigenvalue weighted by atomic mass is 10.1. The first kappa shape index (κ1) is 19.6. The van der Waals surface area contributed by atoms with Gasteiger partial charge in [0.25, 0.3) is 5.89 Å². The Balaban J connectivity index is 2.01. The zero-order valence-electron chi connectivity index (χ0n) is 13.9. The van der Waals surface area contributed by atoms with Gasteiger partial charge in [0.1, 0.15) is 12.1 Å². The molecule has 26 heavy (non-hydrogen) atoms. The maximum Gasteiger partial charge on any atom is 0.326 e. The molecule has 12 nitrogen and oxygen atoms in total. The Morgan fingerprint density at radius 2 is 2.12 bits per heavy atom. The van der Waals surface area contributed by atoms with Crippen LogP contribution in [0, 0.1) is 0 Å². The lowest BCUT2D eigenvalue weighted by Gasteiger charge is -2.23. The summed E-state index contributed by atoms with van der Waals surface area (Å²) in [5.74, 6) is -2.16. The average molecular weight is 371 g/mol. The van der Waals surface area contributed by atoms with Crippen molar-refractivity contribution in [3.05, 3.63) is 11.7 Å². The van der Waals surface area contributed by atoms with Gasteiger partial charge < -0.3 is 35.8 Å². The number of carbonyl (C=O) groups is 3. The van der Waals surface area contributed by atoms with E-state index in [0.29, 0.717) is 12.8 Å². The second-order valence-corrected chi connectivity index (χ2v) is 5.90. The first-order chi connectivity index (χ1) is 12.3. The van der Waals surface area contributed by atoms with Gasteiger partial charge in [-0.3, -0.25) is 4.79 Å². The molecule has 1 saturated heterocycles. The van der Waals surface area contributed by atoms with Gasteiger partial charge in [0, 0.05) is 13.0 Å². The molecule has 3 atom stereocenters. The summed E-state index contributed by atoms with van der Waals surface area (Å²) >= 11 is 0. The van der Waals surface area contributed by atoms with Gasteiger partial charge in [0.2, 0.25) is 0 Å². The predicted molar refractivity (Wildman–Crippen MR) is 83.8 cm³/mol. The molecule has 0 radical (unpaired) electrons. The number of nitrogens with one attached hydrogen (secondary N) is 1. The summed E-state index contributed by atoms with van der Waals surface area (Å²) in [7, 11) is 0. The number of aliphatic carboxylic acids is 2. The molecule has 144 valence electrons. The second kappa shape index (κ2) is 8.58. The number of carboxylic acid groups (broad SMARTS) is 2. The lowest BCUT2D eigenvalue weighted by Crippen LogP contribution is -2.47. The number of hydrogen-bond donors (Lipinski definition) is 5. The third-order valence-corrected chi connectivity index (χ3v) is 4.04. The fourth-order valence-corrected chi connectivity index (χ4v) is 2.63. The fourth-order valence-electron chi connectivity index (χ4n) is 2.63. The van der Waals surface area contributed by atoms with Gasteiger partial charge in [-0.15, -0.1) is 0 Å². The minimum Gasteiger partial charge on any atom is -0.481 e. The standard InChI is InChI=1S/C14H21N5O7/c15-7(3-4-10(21)22)11-17-12(26-18-11)8(6-20)16-14(25)19-5-1-2-9(19)13(23)24/h7-9,20H,1-6,15H2,(H,16,25)(H,21,22)(H,23,24)/t7-,8-,9?/m0/s1. The number of likely N-dealkylation sites (tertiary alicyclic amines) is 1. The topological polar surface area (TPSA) is 192 Å². The number of carboxylic acids is 2. The van der Waals surface area contributed by atoms with Gasteiger partial charge in [-0.05, 0) is 19.3 Å². The number of aromatic nitrogens is 2. The van der Waals surface area contributed by atoms with Gasteiger partial charge in [0.05, 0.1) is 12.6 Å². The van der Waals surface area contributed by atoms with Crippen LogP contribution in [0.4, 0.5) is 4.79 Å². The number of urea groups is 1. The molecule has 2 rings (SSSR count). The Bertz CT molecular complexity index is 664. The van der Waals surface area contributed by atoms with Crippen molar-refractivity contribution in [1.82, 2.24) is 20.4 Å². The van der Waals surface area contributed by atoms with Crippen LogP contribution in [0.1, 0.15) is 49.5 Å². The Kier molecular flexibility index (Phi) is 6.46. The zero-order valence-corrected chi connectivity index (χ0v) is 13.9. The van der Waals surface area contributed by atoms with Gasteiger partial charge in [-0.25, -0.2) is 9.59 Å². The first-order valence-electron chi connectivity index (χ1n) is 8.05. The van der Waals surface area contributed by atoms with Crippen molar-refractivity contribution >= 4 is 18.0 Å². The van der Waals surface area contributed by atoms with Crippen molar-refractivity contribution in [3.8, 4) is 0 Å². The molecule has 1 fully saturated rings. The predicted octanol–water partition coefficient (Wildman–Crippen LogP) is -0.774. The Morgan fingerprint density at radius 1 is 1.38 bits per heavy atom. The molecule has 1 aromatic heterocycles. The Morgan fingerprint density at radius 3 is 2.73 bits per heavy atom. The van der Waals surface area contributed by atoms with Gasteiger partial charge in [0.15, 0.2) is 5.82 Å². The molecule has 1 aliphatic rings. The van der Waals surface area contributed by atoms with E-state index in [1.54, 1.807) is 0 Å². The summed E-state index contributed by atoms with van der Waals surface area (Å²) in [5, 5.41) is 33.4. The van der Waals surface area contributed by atoms with E-state index in [4.69, 9.17) is 20.5 Å². The van der Waals surface area contributed by atoms with Crippen LogP contribution < -0.4 is 11.1 Å². The summed E-state index contributed by atoms with van der Waals surface area (Å²) in [6.45, 7) is -0.264. The van der Waals surface area contributed by atoms with Crippen LogP contribution in [0.25, 0.3) is 0 Å².